The molecule has 0 amide bonds. The van der Waals surface area contributed by atoms with Gasteiger partial charge in [0.25, 0.3) is 0 Å². The summed E-state index contributed by atoms with van der Waals surface area (Å²) < 4.78 is 2.28. The van der Waals surface area contributed by atoms with Crippen LogP contribution in [0.2, 0.25) is 0 Å². The van der Waals surface area contributed by atoms with Gasteiger partial charge < -0.3 is 4.57 Å². The maximum absolute atomic E-state index is 2.31. The molecule has 0 bridgehead atoms. The van der Waals surface area contributed by atoms with E-state index in [1.165, 1.54) is 55.2 Å². The van der Waals surface area contributed by atoms with E-state index in [0.717, 1.165) is 0 Å². The number of fused-ring (bicyclic) bond motifs is 3. The van der Waals surface area contributed by atoms with E-state index < -0.39 is 0 Å². The molecule has 0 aliphatic heterocycles. The molecule has 0 unspecified atom stereocenters. The van der Waals surface area contributed by atoms with Crippen molar-refractivity contribution in [2.45, 2.75) is 27.7 Å². The minimum absolute atomic E-state index is 1.23. The van der Waals surface area contributed by atoms with Crippen LogP contribution in [0.25, 0.3) is 40.0 Å². The Balaban J connectivity index is 1.82. The van der Waals surface area contributed by atoms with Gasteiger partial charge >= 0.3 is 0 Å². The van der Waals surface area contributed by atoms with Crippen LogP contribution in [0.1, 0.15) is 40.3 Å². The molecule has 0 aliphatic carbocycles. The van der Waals surface area contributed by atoms with Crippen molar-refractivity contribution in [2.24, 2.45) is 7.05 Å². The van der Waals surface area contributed by atoms with E-state index >= 15 is 0 Å². The Kier molecular flexibility index (Phi) is 4.68. The molecule has 1 heterocycles. The lowest BCUT2D eigenvalue weighted by Crippen LogP contribution is -1.87. The molecular formula is C27H27N. The maximum Gasteiger partial charge on any atom is 0.0489 e. The molecule has 0 saturated carbocycles. The Morgan fingerprint density at radius 3 is 1.82 bits per heavy atom. The van der Waals surface area contributed by atoms with E-state index in [-0.39, 0.29) is 0 Å². The second kappa shape index (κ2) is 7.16. The van der Waals surface area contributed by atoms with Gasteiger partial charge in [-0.25, -0.2) is 0 Å². The third-order valence-corrected chi connectivity index (χ3v) is 5.75. The predicted molar refractivity (Wildman–Crippen MR) is 125 cm³/mol. The fraction of sp³-hybridized carbons (Fsp3) is 0.185. The maximum atomic E-state index is 2.31. The minimum atomic E-state index is 1.23. The number of aromatic nitrogens is 1. The molecule has 4 rings (SSSR count). The van der Waals surface area contributed by atoms with Gasteiger partial charge in [-0.1, -0.05) is 48.6 Å². The van der Waals surface area contributed by atoms with Gasteiger partial charge in [0, 0.05) is 28.9 Å². The Morgan fingerprint density at radius 1 is 0.643 bits per heavy atom. The monoisotopic (exact) mass is 365 g/mol. The highest BCUT2D eigenvalue weighted by Crippen LogP contribution is 2.30. The van der Waals surface area contributed by atoms with E-state index in [0.29, 0.717) is 0 Å². The second-order valence-corrected chi connectivity index (χ2v) is 7.74. The summed E-state index contributed by atoms with van der Waals surface area (Å²) in [5, 5.41) is 2.62. The first-order chi connectivity index (χ1) is 13.5. The molecule has 4 aromatic rings. The number of aryl methyl sites for hydroxylation is 4. The zero-order valence-corrected chi connectivity index (χ0v) is 17.4. The number of benzene rings is 3. The highest BCUT2D eigenvalue weighted by Gasteiger charge is 2.08. The van der Waals surface area contributed by atoms with Crippen LogP contribution in [0.5, 0.6) is 0 Å². The van der Waals surface area contributed by atoms with Crippen LogP contribution < -0.4 is 0 Å². The molecule has 0 spiro atoms. The minimum Gasteiger partial charge on any atom is -0.344 e. The highest BCUT2D eigenvalue weighted by atomic mass is 14.9. The lowest BCUT2D eigenvalue weighted by atomic mass is 10.00. The zero-order chi connectivity index (χ0) is 19.8. The van der Waals surface area contributed by atoms with Gasteiger partial charge in [0.15, 0.2) is 0 Å². The smallest absolute Gasteiger partial charge is 0.0489 e. The van der Waals surface area contributed by atoms with Crippen LogP contribution in [0.3, 0.4) is 0 Å². The molecule has 0 radical (unpaired) electrons. The normalized spacial score (nSPS) is 12.2. The Hall–Kier alpha value is -3.06. The first-order valence-electron chi connectivity index (χ1n) is 9.89. The summed E-state index contributed by atoms with van der Waals surface area (Å²) in [4.78, 5) is 0. The van der Waals surface area contributed by atoms with Gasteiger partial charge in [-0.05, 0) is 85.3 Å². The van der Waals surface area contributed by atoms with Crippen molar-refractivity contribution in [3.63, 3.8) is 0 Å². The van der Waals surface area contributed by atoms with Gasteiger partial charge in [-0.2, -0.15) is 0 Å². The molecular weight excluding hydrogens is 338 g/mol. The number of hydrogen-bond acceptors (Lipinski definition) is 0. The van der Waals surface area contributed by atoms with Gasteiger partial charge in [-0.3, -0.25) is 0 Å². The van der Waals surface area contributed by atoms with E-state index in [1.54, 1.807) is 0 Å². The van der Waals surface area contributed by atoms with E-state index in [1.807, 2.05) is 0 Å². The lowest BCUT2D eigenvalue weighted by Gasteiger charge is -2.06. The quantitative estimate of drug-likeness (QED) is 0.332. The highest BCUT2D eigenvalue weighted by molar-refractivity contribution is 6.09. The van der Waals surface area contributed by atoms with Crippen molar-refractivity contribution in [3.8, 4) is 0 Å². The summed E-state index contributed by atoms with van der Waals surface area (Å²) >= 11 is 0. The van der Waals surface area contributed by atoms with Crippen LogP contribution in [0, 0.1) is 20.8 Å². The first-order valence-corrected chi connectivity index (χ1v) is 9.89. The first kappa shape index (κ1) is 18.3. The Labute approximate surface area is 167 Å². The van der Waals surface area contributed by atoms with Crippen molar-refractivity contribution in [2.75, 3.05) is 0 Å². The summed E-state index contributed by atoms with van der Waals surface area (Å²) in [5.74, 6) is 0. The van der Waals surface area contributed by atoms with Crippen molar-refractivity contribution in [3.05, 3.63) is 88.0 Å². The molecule has 0 fully saturated rings. The van der Waals surface area contributed by atoms with E-state index in [9.17, 15) is 0 Å². The fourth-order valence-electron chi connectivity index (χ4n) is 4.00. The SMILES string of the molecule is C/C=C/c1ccc2c(c1)c1cc(/C=C/c3cc(C)c(C)cc3C)ccc1n2C. The van der Waals surface area contributed by atoms with Crippen molar-refractivity contribution >= 4 is 40.0 Å². The van der Waals surface area contributed by atoms with Crippen molar-refractivity contribution in [1.82, 2.24) is 4.57 Å². The summed E-state index contributed by atoms with van der Waals surface area (Å²) in [6, 6.07) is 18.0. The standard InChI is InChI=1S/C27H27N/c1-6-7-21-9-12-26-24(16-21)25-17-22(10-13-27(25)28(26)5)8-11-23-15-19(3)18(2)14-20(23)4/h6-17H,1-5H3/b7-6+,11-8+. The average molecular weight is 366 g/mol. The number of allylic oxidation sites excluding steroid dienone is 1. The summed E-state index contributed by atoms with van der Waals surface area (Å²) in [6.45, 7) is 8.59. The third-order valence-electron chi connectivity index (χ3n) is 5.75. The largest absolute Gasteiger partial charge is 0.344 e. The van der Waals surface area contributed by atoms with Crippen molar-refractivity contribution in [1.29, 1.82) is 0 Å². The average Bonchev–Trinajstić information content (AvgIpc) is 2.95. The van der Waals surface area contributed by atoms with Crippen LogP contribution >= 0.6 is 0 Å². The van der Waals surface area contributed by atoms with E-state index in [2.05, 4.69) is 112 Å². The Bertz CT molecular complexity index is 1250. The van der Waals surface area contributed by atoms with Crippen molar-refractivity contribution < 1.29 is 0 Å². The predicted octanol–water partition coefficient (Wildman–Crippen LogP) is 7.46. The van der Waals surface area contributed by atoms with Gasteiger partial charge in [0.1, 0.15) is 0 Å². The van der Waals surface area contributed by atoms with Gasteiger partial charge in [0.2, 0.25) is 0 Å². The molecule has 1 nitrogen and oxygen atoms in total. The molecule has 0 N–H and O–H groups in total. The lowest BCUT2D eigenvalue weighted by molar-refractivity contribution is 1.01. The molecule has 1 heteroatoms. The molecule has 140 valence electrons. The molecule has 0 aliphatic rings. The molecule has 0 atom stereocenters. The zero-order valence-electron chi connectivity index (χ0n) is 17.4. The molecule has 1 aromatic heterocycles. The third kappa shape index (κ3) is 3.18. The van der Waals surface area contributed by atoms with Crippen LogP contribution in [-0.4, -0.2) is 4.57 Å². The van der Waals surface area contributed by atoms with Crippen LogP contribution in [-0.2, 0) is 7.05 Å². The van der Waals surface area contributed by atoms with Crippen LogP contribution in [0.4, 0.5) is 0 Å². The Morgan fingerprint density at radius 2 is 1.21 bits per heavy atom. The van der Waals surface area contributed by atoms with Crippen LogP contribution in [0.15, 0.2) is 54.6 Å². The fourth-order valence-corrected chi connectivity index (χ4v) is 4.00. The summed E-state index contributed by atoms with van der Waals surface area (Å²) in [5.41, 5.74) is 10.3. The van der Waals surface area contributed by atoms with Gasteiger partial charge in [0.05, 0.1) is 0 Å². The molecule has 0 saturated heterocycles. The summed E-state index contributed by atoms with van der Waals surface area (Å²) in [7, 11) is 2.15. The molecule has 28 heavy (non-hydrogen) atoms. The van der Waals surface area contributed by atoms with Gasteiger partial charge in [-0.15, -0.1) is 0 Å². The number of nitrogens with zero attached hydrogens (tertiary/aromatic N) is 1. The number of rotatable bonds is 3. The topological polar surface area (TPSA) is 4.93 Å². The second-order valence-electron chi connectivity index (χ2n) is 7.74. The number of hydrogen-bond donors (Lipinski definition) is 0. The molecule has 3 aromatic carbocycles. The van der Waals surface area contributed by atoms with E-state index in [4.69, 9.17) is 0 Å². The summed E-state index contributed by atoms with van der Waals surface area (Å²) in [6.07, 6.45) is 8.71.